The Bertz CT molecular complexity index is 29.0. The van der Waals surface area contributed by atoms with Crippen LogP contribution in [0.4, 0.5) is 4.79 Å². The van der Waals surface area contributed by atoms with E-state index in [1.54, 1.807) is 0 Å². The zero-order valence-corrected chi connectivity index (χ0v) is 5.48. The molecule has 20 valence electrons. The normalized spacial score (nSPS) is 5.75. The Morgan fingerprint density at radius 2 is 2.00 bits per heavy atom. The van der Waals surface area contributed by atoms with Gasteiger partial charge in [0.05, 0.1) is 0 Å². The quantitative estimate of drug-likeness (QED) is 0.406. The van der Waals surface area contributed by atoms with Crippen LogP contribution in [-0.4, -0.2) is 43.0 Å². The summed E-state index contributed by atoms with van der Waals surface area (Å²) in [5, 5.41) is 7.50. The Kier molecular flexibility index (Phi) is 2.36. The number of carbonyl (C=O) groups is 1. The third-order valence-electron chi connectivity index (χ3n) is 0. The van der Waals surface area contributed by atoms with Crippen molar-refractivity contribution in [1.29, 1.82) is 0 Å². The second kappa shape index (κ2) is 2.00. The molecule has 1 N–H and O–H groups in total. The van der Waals surface area contributed by atoms with E-state index in [4.69, 9.17) is 9.90 Å². The first-order valence-corrected chi connectivity index (χ1v) is 2.49. The second-order valence-corrected chi connectivity index (χ2v) is 1.85. The van der Waals surface area contributed by atoms with Gasteiger partial charge in [-0.15, -0.1) is 0 Å². The molecule has 0 aliphatic carbocycles. The fraction of sp³-hybridized carbons (Fsp3) is 0. The Morgan fingerprint density at radius 1 is 2.00 bits per heavy atom. The van der Waals surface area contributed by atoms with Gasteiger partial charge in [-0.3, -0.25) is 0 Å². The van der Waals surface area contributed by atoms with Crippen LogP contribution < -0.4 is 0 Å². The van der Waals surface area contributed by atoms with Crippen LogP contribution in [0.2, 0.25) is 0 Å². The summed E-state index contributed by atoms with van der Waals surface area (Å²) < 4.78 is -0.646. The van der Waals surface area contributed by atoms with Crippen molar-refractivity contribution in [3.63, 3.8) is 0 Å². The maximum atomic E-state index is 9.08. The summed E-state index contributed by atoms with van der Waals surface area (Å²) in [5.74, 6) is 0. The standard InChI is InChI=1S/CHO2.Ca.H/c2-1-3;;/h(H,2,3);;. The fourth-order valence-corrected chi connectivity index (χ4v) is 0. The first kappa shape index (κ1) is 4.73. The average molecular weight is 86.1 g/mol. The van der Waals surface area contributed by atoms with Crippen LogP contribution in [0.1, 0.15) is 0 Å². The SMILES string of the molecule is O=[C](O)[CaH]. The van der Waals surface area contributed by atoms with Gasteiger partial charge >= 0.3 is 47.8 Å². The zero-order valence-electron chi connectivity index (χ0n) is 2.36. The van der Waals surface area contributed by atoms with Crippen molar-refractivity contribution < 1.29 is 9.90 Å². The molecular formula is CH2CaO2. The molecule has 3 heteroatoms. The number of rotatable bonds is 0. The van der Waals surface area contributed by atoms with Gasteiger partial charge in [0, 0.05) is 0 Å². The zero-order chi connectivity index (χ0) is 3.58. The summed E-state index contributed by atoms with van der Waals surface area (Å²) in [6, 6.07) is 0. The van der Waals surface area contributed by atoms with Gasteiger partial charge in [0.25, 0.3) is 0 Å². The van der Waals surface area contributed by atoms with Crippen molar-refractivity contribution >= 4 is 37.9 Å². The van der Waals surface area contributed by atoms with Gasteiger partial charge in [-0.1, -0.05) is 0 Å². The molecular weight excluding hydrogens is 84.1 g/mol. The average Bonchev–Trinajstić information content (AvgIpc) is 0.811. The molecule has 0 spiro atoms. The predicted octanol–water partition coefficient (Wildman–Crippen LogP) is -0.435. The molecule has 0 bridgehead atoms. The van der Waals surface area contributed by atoms with E-state index in [9.17, 15) is 0 Å². The van der Waals surface area contributed by atoms with Crippen LogP contribution in [0.3, 0.4) is 0 Å². The van der Waals surface area contributed by atoms with Crippen molar-refractivity contribution in [2.75, 3.05) is 0 Å². The van der Waals surface area contributed by atoms with Crippen molar-refractivity contribution in [2.45, 2.75) is 0 Å². The Balaban J connectivity index is 2.80. The Morgan fingerprint density at radius 3 is 2.00 bits per heavy atom. The van der Waals surface area contributed by atoms with Gasteiger partial charge in [0.15, 0.2) is 0 Å². The molecule has 0 aliphatic heterocycles. The summed E-state index contributed by atoms with van der Waals surface area (Å²) in [4.78, 5) is 9.08. The van der Waals surface area contributed by atoms with E-state index in [1.807, 2.05) is 0 Å². The monoisotopic (exact) mass is 86.0 g/mol. The molecule has 0 radical (unpaired) electrons. The molecule has 0 fully saturated rings. The van der Waals surface area contributed by atoms with Gasteiger partial charge in [-0.2, -0.15) is 0 Å². The van der Waals surface area contributed by atoms with Crippen molar-refractivity contribution in [1.82, 2.24) is 0 Å². The topological polar surface area (TPSA) is 37.3 Å². The molecule has 0 atom stereocenters. The molecule has 0 aromatic carbocycles. The summed E-state index contributed by atoms with van der Waals surface area (Å²) in [7, 11) is 0. The molecule has 0 aromatic rings. The minimum atomic E-state index is -0.646. The van der Waals surface area contributed by atoms with E-state index in [0.29, 0.717) is 0 Å². The number of carboxylic acid groups (broad SMARTS) is 1. The van der Waals surface area contributed by atoms with Gasteiger partial charge in [0.1, 0.15) is 0 Å². The molecule has 0 saturated heterocycles. The summed E-state index contributed by atoms with van der Waals surface area (Å²) >= 11 is -0.0208. The third-order valence-corrected chi connectivity index (χ3v) is 0. The molecule has 0 unspecified atom stereocenters. The minimum absolute atomic E-state index is 0.0208. The molecule has 4 heavy (non-hydrogen) atoms. The van der Waals surface area contributed by atoms with Crippen molar-refractivity contribution in [3.05, 3.63) is 0 Å². The molecule has 0 aromatic heterocycles. The maximum absolute atomic E-state index is 9.08. The van der Waals surface area contributed by atoms with E-state index in [1.165, 1.54) is 0 Å². The summed E-state index contributed by atoms with van der Waals surface area (Å²) in [6.45, 7) is 0. The predicted molar refractivity (Wildman–Crippen MR) is 15.2 cm³/mol. The molecule has 0 amide bonds. The summed E-state index contributed by atoms with van der Waals surface area (Å²) in [6.07, 6.45) is 0. The summed E-state index contributed by atoms with van der Waals surface area (Å²) in [5.41, 5.74) is 0. The van der Waals surface area contributed by atoms with E-state index in [0.717, 1.165) is 0 Å². The molecule has 0 heterocycles. The number of hydrogen-bond donors (Lipinski definition) is 1. The molecule has 2 nitrogen and oxygen atoms in total. The van der Waals surface area contributed by atoms with Crippen molar-refractivity contribution in [2.24, 2.45) is 0 Å². The third kappa shape index (κ3) is 15.3. The second-order valence-electron chi connectivity index (χ2n) is 0.519. The van der Waals surface area contributed by atoms with E-state index >= 15 is 0 Å². The van der Waals surface area contributed by atoms with Gasteiger partial charge in [0.2, 0.25) is 0 Å². The van der Waals surface area contributed by atoms with Crippen LogP contribution in [0.25, 0.3) is 0 Å². The first-order valence-electron chi connectivity index (χ1n) is 0.928. The van der Waals surface area contributed by atoms with Crippen LogP contribution in [0.5, 0.6) is 0 Å². The van der Waals surface area contributed by atoms with Gasteiger partial charge < -0.3 is 0 Å². The molecule has 0 saturated carbocycles. The van der Waals surface area contributed by atoms with Crippen LogP contribution >= 0.6 is 0 Å². The Hall–Kier alpha value is 0.730. The van der Waals surface area contributed by atoms with Crippen molar-refractivity contribution in [3.8, 4) is 0 Å². The van der Waals surface area contributed by atoms with Crippen LogP contribution in [0, 0.1) is 0 Å². The van der Waals surface area contributed by atoms with Gasteiger partial charge in [-0.05, 0) is 0 Å². The fourth-order valence-electron chi connectivity index (χ4n) is 0. The molecule has 0 rings (SSSR count). The van der Waals surface area contributed by atoms with Gasteiger partial charge in [-0.25, -0.2) is 0 Å². The number of hydrogen-bond acceptors (Lipinski definition) is 1. The van der Waals surface area contributed by atoms with E-state index in [2.05, 4.69) is 0 Å². The molecule has 0 aliphatic rings. The Labute approximate surface area is 47.5 Å². The van der Waals surface area contributed by atoms with Crippen LogP contribution in [-0.2, 0) is 0 Å². The van der Waals surface area contributed by atoms with E-state index in [-0.39, 0.29) is 35.8 Å². The first-order chi connectivity index (χ1) is 1.73. The van der Waals surface area contributed by atoms with Crippen LogP contribution in [0.15, 0.2) is 0 Å². The van der Waals surface area contributed by atoms with E-state index < -0.39 is 2.07 Å².